The molecule has 2 aromatic carbocycles. The van der Waals surface area contributed by atoms with Crippen molar-refractivity contribution in [2.75, 3.05) is 29.1 Å². The maximum Gasteiger partial charge on any atom is 0.225 e. The Morgan fingerprint density at radius 2 is 2.07 bits per heavy atom. The number of fused-ring (bicyclic) bond motifs is 1. The van der Waals surface area contributed by atoms with E-state index in [4.69, 9.17) is 4.74 Å². The van der Waals surface area contributed by atoms with Gasteiger partial charge in [-0.1, -0.05) is 24.3 Å². The topological polar surface area (TPSA) is 82.5 Å². The van der Waals surface area contributed by atoms with E-state index >= 15 is 0 Å². The number of aliphatic hydroxyl groups excluding tert-OH is 1. The first-order valence-corrected chi connectivity index (χ1v) is 9.30. The van der Waals surface area contributed by atoms with Crippen LogP contribution in [0.3, 0.4) is 0 Å². The van der Waals surface area contributed by atoms with Gasteiger partial charge < -0.3 is 25.4 Å². The van der Waals surface area contributed by atoms with Crippen LogP contribution in [0.4, 0.5) is 21.8 Å². The van der Waals surface area contributed by atoms with Gasteiger partial charge in [-0.3, -0.25) is 0 Å². The smallest absolute Gasteiger partial charge is 0.225 e. The predicted molar refractivity (Wildman–Crippen MR) is 109 cm³/mol. The Hall–Kier alpha value is -3.39. The first kappa shape index (κ1) is 18.9. The third-order valence-corrected chi connectivity index (χ3v) is 4.57. The van der Waals surface area contributed by atoms with E-state index < -0.39 is 6.23 Å². The lowest BCUT2D eigenvalue weighted by Crippen LogP contribution is -2.39. The van der Waals surface area contributed by atoms with Crippen LogP contribution in [0.2, 0.25) is 0 Å². The van der Waals surface area contributed by atoms with Crippen LogP contribution < -0.4 is 20.3 Å². The number of hydrogen-bond acceptors (Lipinski definition) is 7. The van der Waals surface area contributed by atoms with E-state index in [1.165, 1.54) is 12.1 Å². The van der Waals surface area contributed by atoms with Crippen molar-refractivity contribution in [1.29, 1.82) is 0 Å². The number of rotatable bonds is 6. The summed E-state index contributed by atoms with van der Waals surface area (Å²) >= 11 is 0. The molecule has 0 bridgehead atoms. The first-order chi connectivity index (χ1) is 14.1. The molecule has 0 amide bonds. The van der Waals surface area contributed by atoms with Crippen LogP contribution in [0.15, 0.2) is 54.7 Å². The lowest BCUT2D eigenvalue weighted by molar-refractivity contribution is 0.206. The number of nitrogens with one attached hydrogen (secondary N) is 2. The molecule has 3 N–H and O–H groups in total. The van der Waals surface area contributed by atoms with Gasteiger partial charge in [-0.15, -0.1) is 0 Å². The molecule has 150 valence electrons. The van der Waals surface area contributed by atoms with Crippen molar-refractivity contribution < 1.29 is 14.2 Å². The third kappa shape index (κ3) is 4.72. The summed E-state index contributed by atoms with van der Waals surface area (Å²) < 4.78 is 18.9. The average Bonchev–Trinajstić information content (AvgIpc) is 2.72. The molecule has 29 heavy (non-hydrogen) atoms. The third-order valence-electron chi connectivity index (χ3n) is 4.57. The van der Waals surface area contributed by atoms with Crippen LogP contribution in [-0.2, 0) is 13.2 Å². The molecule has 3 aromatic rings. The maximum absolute atomic E-state index is 13.2. The highest BCUT2D eigenvalue weighted by Gasteiger charge is 2.21. The highest BCUT2D eigenvalue weighted by molar-refractivity contribution is 5.68. The van der Waals surface area contributed by atoms with Gasteiger partial charge in [0.15, 0.2) is 5.82 Å². The molecule has 0 spiro atoms. The monoisotopic (exact) mass is 395 g/mol. The van der Waals surface area contributed by atoms with Gasteiger partial charge in [-0.25, -0.2) is 9.37 Å². The molecule has 4 rings (SSSR count). The summed E-state index contributed by atoms with van der Waals surface area (Å²) in [6, 6.07) is 14.0. The second kappa shape index (κ2) is 8.32. The van der Waals surface area contributed by atoms with Crippen LogP contribution in [0.5, 0.6) is 5.75 Å². The summed E-state index contributed by atoms with van der Waals surface area (Å²) in [6.45, 7) is 1.33. The van der Waals surface area contributed by atoms with Crippen LogP contribution >= 0.6 is 0 Å². The summed E-state index contributed by atoms with van der Waals surface area (Å²) in [5, 5.41) is 15.9. The van der Waals surface area contributed by atoms with Crippen LogP contribution in [0.1, 0.15) is 11.1 Å². The summed E-state index contributed by atoms with van der Waals surface area (Å²) in [6.07, 6.45) is 1.03. The van der Waals surface area contributed by atoms with E-state index in [0.29, 0.717) is 37.1 Å². The molecule has 1 aromatic heterocycles. The molecular weight excluding hydrogens is 373 g/mol. The van der Waals surface area contributed by atoms with E-state index in [0.717, 1.165) is 16.9 Å². The Bertz CT molecular complexity index is 983. The lowest BCUT2D eigenvalue weighted by Gasteiger charge is -2.30. The van der Waals surface area contributed by atoms with Crippen LogP contribution in [0, 0.1) is 5.82 Å². The minimum absolute atomic E-state index is 0.268. The highest BCUT2D eigenvalue weighted by Crippen LogP contribution is 2.27. The quantitative estimate of drug-likeness (QED) is 0.592. The molecule has 8 heteroatoms. The molecule has 0 saturated carbocycles. The Labute approximate surface area is 168 Å². The summed E-state index contributed by atoms with van der Waals surface area (Å²) in [5.74, 6) is 1.71. The van der Waals surface area contributed by atoms with E-state index in [1.807, 2.05) is 42.3 Å². The van der Waals surface area contributed by atoms with Gasteiger partial charge in [0.05, 0.1) is 18.4 Å². The van der Waals surface area contributed by atoms with Crippen molar-refractivity contribution in [2.45, 2.75) is 19.4 Å². The molecule has 1 aliphatic heterocycles. The summed E-state index contributed by atoms with van der Waals surface area (Å²) in [4.78, 5) is 10.7. The molecule has 7 nitrogen and oxygen atoms in total. The molecular formula is C21H22FN5O2. The summed E-state index contributed by atoms with van der Waals surface area (Å²) in [5.41, 5.74) is 2.54. The second-order valence-electron chi connectivity index (χ2n) is 6.89. The minimum Gasteiger partial charge on any atom is -0.489 e. The Kier molecular flexibility index (Phi) is 5.44. The predicted octanol–water partition coefficient (Wildman–Crippen LogP) is 2.99. The van der Waals surface area contributed by atoms with E-state index in [-0.39, 0.29) is 5.82 Å². The van der Waals surface area contributed by atoms with Crippen molar-refractivity contribution in [3.05, 3.63) is 71.7 Å². The van der Waals surface area contributed by atoms with Crippen molar-refractivity contribution in [2.24, 2.45) is 0 Å². The molecule has 0 aliphatic carbocycles. The number of benzene rings is 2. The number of β-amino-alcohol motifs (C(OH)–C–C–N with tert-alkyl or cyclic N) is 1. The number of aromatic nitrogens is 2. The van der Waals surface area contributed by atoms with Crippen molar-refractivity contribution in [1.82, 2.24) is 9.97 Å². The number of likely N-dealkylation sites (N-methyl/N-ethyl adjacent to an activating group) is 1. The zero-order chi connectivity index (χ0) is 20.2. The lowest BCUT2D eigenvalue weighted by atomic mass is 10.2. The molecule has 2 heterocycles. The van der Waals surface area contributed by atoms with Crippen LogP contribution in [-0.4, -0.2) is 34.9 Å². The zero-order valence-electron chi connectivity index (χ0n) is 16.0. The average molecular weight is 395 g/mol. The summed E-state index contributed by atoms with van der Waals surface area (Å²) in [7, 11) is 1.88. The molecule has 1 atom stereocenters. The van der Waals surface area contributed by atoms with Gasteiger partial charge in [-0.2, -0.15) is 4.98 Å². The maximum atomic E-state index is 13.2. The van der Waals surface area contributed by atoms with Crippen LogP contribution in [0.25, 0.3) is 0 Å². The second-order valence-corrected chi connectivity index (χ2v) is 6.89. The number of ether oxygens (including phenoxy) is 1. The molecule has 1 aliphatic rings. The van der Waals surface area contributed by atoms with Crippen molar-refractivity contribution in [3.8, 4) is 5.75 Å². The molecule has 0 fully saturated rings. The Morgan fingerprint density at radius 3 is 2.86 bits per heavy atom. The highest BCUT2D eigenvalue weighted by atomic mass is 19.1. The largest absolute Gasteiger partial charge is 0.489 e. The van der Waals surface area contributed by atoms with Gasteiger partial charge in [0, 0.05) is 13.6 Å². The number of hydrogen-bond donors (Lipinski definition) is 3. The standard InChI is InChI=1S/C21H22FN5O2/c1-27-12-19(28)25-18-11-24-21(26-20(18)27)23-10-14-5-7-17(8-6-14)29-13-15-3-2-4-16(22)9-15/h2-9,11,19,25,28H,10,12-13H2,1H3,(H,23,24,26). The number of anilines is 3. The minimum atomic E-state index is -0.628. The number of nitrogens with zero attached hydrogens (tertiary/aromatic N) is 3. The van der Waals surface area contributed by atoms with Crippen molar-refractivity contribution in [3.63, 3.8) is 0 Å². The normalized spacial score (nSPS) is 15.4. The van der Waals surface area contributed by atoms with Gasteiger partial charge in [0.1, 0.15) is 24.4 Å². The fourth-order valence-electron chi connectivity index (χ4n) is 3.10. The molecule has 0 radical (unpaired) electrons. The van der Waals surface area contributed by atoms with E-state index in [2.05, 4.69) is 20.6 Å². The Morgan fingerprint density at radius 1 is 1.24 bits per heavy atom. The van der Waals surface area contributed by atoms with Gasteiger partial charge >= 0.3 is 0 Å². The zero-order valence-corrected chi connectivity index (χ0v) is 16.0. The number of aliphatic hydroxyl groups is 1. The molecule has 0 saturated heterocycles. The Balaban J connectivity index is 1.33. The SMILES string of the molecule is CN1CC(O)Nc2cnc(NCc3ccc(OCc4cccc(F)c4)cc3)nc21. The van der Waals surface area contributed by atoms with Gasteiger partial charge in [-0.05, 0) is 35.4 Å². The van der Waals surface area contributed by atoms with Crippen molar-refractivity contribution >= 4 is 17.5 Å². The fourth-order valence-corrected chi connectivity index (χ4v) is 3.10. The van der Waals surface area contributed by atoms with E-state index in [1.54, 1.807) is 12.3 Å². The number of halogens is 1. The molecule has 1 unspecified atom stereocenters. The van der Waals surface area contributed by atoms with Gasteiger partial charge in [0.25, 0.3) is 0 Å². The first-order valence-electron chi connectivity index (χ1n) is 9.30. The van der Waals surface area contributed by atoms with Gasteiger partial charge in [0.2, 0.25) is 5.95 Å². The van der Waals surface area contributed by atoms with E-state index in [9.17, 15) is 9.50 Å². The fraction of sp³-hybridized carbons (Fsp3) is 0.238.